The van der Waals surface area contributed by atoms with Crippen LogP contribution in [-0.4, -0.2) is 6.10 Å². The average molecular weight is 389 g/mol. The topological polar surface area (TPSA) is 21.3 Å². The van der Waals surface area contributed by atoms with Crippen LogP contribution in [0.4, 0.5) is 5.69 Å². The van der Waals surface area contributed by atoms with Crippen LogP contribution in [0.5, 0.6) is 5.75 Å². The van der Waals surface area contributed by atoms with E-state index < -0.39 is 0 Å². The molecular weight excluding hydrogens is 373 g/mol. The van der Waals surface area contributed by atoms with Crippen molar-refractivity contribution in [3.8, 4) is 5.75 Å². The van der Waals surface area contributed by atoms with Crippen molar-refractivity contribution >= 4 is 44.8 Å². The Morgan fingerprint density at radius 1 is 1.14 bits per heavy atom. The number of ether oxygens (including phenoxy) is 1. The van der Waals surface area contributed by atoms with Gasteiger partial charge in [0.25, 0.3) is 0 Å². The number of hydrogen-bond acceptors (Lipinski definition) is 2. The minimum absolute atomic E-state index is 0.156. The quantitative estimate of drug-likeness (QED) is 0.662. The SMILES string of the molecule is CC(C)Oc1cccc(CNc2c(Cl)cc(Br)cc2Cl)c1. The fourth-order valence-corrected chi connectivity index (χ4v) is 3.24. The molecular formula is C16H16BrCl2NO. The summed E-state index contributed by atoms with van der Waals surface area (Å²) in [6, 6.07) is 11.6. The largest absolute Gasteiger partial charge is 0.491 e. The van der Waals surface area contributed by atoms with Crippen LogP contribution >= 0.6 is 39.1 Å². The van der Waals surface area contributed by atoms with Gasteiger partial charge in [-0.2, -0.15) is 0 Å². The highest BCUT2D eigenvalue weighted by molar-refractivity contribution is 9.10. The summed E-state index contributed by atoms with van der Waals surface area (Å²) in [5.74, 6) is 0.859. The van der Waals surface area contributed by atoms with Crippen LogP contribution in [0.3, 0.4) is 0 Å². The third-order valence-electron chi connectivity index (χ3n) is 2.75. The first-order valence-corrected chi connectivity index (χ1v) is 8.14. The second kappa shape index (κ2) is 7.39. The predicted molar refractivity (Wildman–Crippen MR) is 93.7 cm³/mol. The highest BCUT2D eigenvalue weighted by atomic mass is 79.9. The molecule has 0 aliphatic rings. The first-order valence-electron chi connectivity index (χ1n) is 6.59. The van der Waals surface area contributed by atoms with Gasteiger partial charge >= 0.3 is 0 Å². The summed E-state index contributed by atoms with van der Waals surface area (Å²) in [6.45, 7) is 4.63. The second-order valence-corrected chi connectivity index (χ2v) is 6.64. The fraction of sp³-hybridized carbons (Fsp3) is 0.250. The molecule has 0 amide bonds. The third kappa shape index (κ3) is 4.80. The maximum absolute atomic E-state index is 6.20. The van der Waals surface area contributed by atoms with E-state index in [9.17, 15) is 0 Å². The van der Waals surface area contributed by atoms with Crippen molar-refractivity contribution in [2.24, 2.45) is 0 Å². The van der Waals surface area contributed by atoms with Crippen LogP contribution in [0.2, 0.25) is 10.0 Å². The molecule has 0 saturated carbocycles. The molecule has 112 valence electrons. The van der Waals surface area contributed by atoms with Gasteiger partial charge in [0.2, 0.25) is 0 Å². The molecule has 0 spiro atoms. The Morgan fingerprint density at radius 3 is 2.43 bits per heavy atom. The van der Waals surface area contributed by atoms with Crippen molar-refractivity contribution < 1.29 is 4.74 Å². The molecule has 0 aliphatic carbocycles. The fourth-order valence-electron chi connectivity index (χ4n) is 1.90. The van der Waals surface area contributed by atoms with Crippen molar-refractivity contribution in [2.75, 3.05) is 5.32 Å². The number of benzene rings is 2. The highest BCUT2D eigenvalue weighted by Crippen LogP contribution is 2.34. The van der Waals surface area contributed by atoms with E-state index >= 15 is 0 Å². The van der Waals surface area contributed by atoms with Gasteiger partial charge in [0.05, 0.1) is 21.8 Å². The van der Waals surface area contributed by atoms with Crippen LogP contribution < -0.4 is 10.1 Å². The molecule has 0 unspecified atom stereocenters. The summed E-state index contributed by atoms with van der Waals surface area (Å²) in [4.78, 5) is 0. The van der Waals surface area contributed by atoms with Crippen molar-refractivity contribution in [3.05, 3.63) is 56.5 Å². The Kier molecular flexibility index (Phi) is 5.80. The van der Waals surface area contributed by atoms with Gasteiger partial charge in [-0.1, -0.05) is 51.3 Å². The van der Waals surface area contributed by atoms with E-state index in [-0.39, 0.29) is 6.10 Å². The highest BCUT2D eigenvalue weighted by Gasteiger charge is 2.07. The van der Waals surface area contributed by atoms with Gasteiger partial charge in [0.15, 0.2) is 0 Å². The zero-order chi connectivity index (χ0) is 15.4. The number of hydrogen-bond donors (Lipinski definition) is 1. The molecule has 0 aromatic heterocycles. The van der Waals surface area contributed by atoms with E-state index in [1.54, 1.807) is 0 Å². The lowest BCUT2D eigenvalue weighted by molar-refractivity contribution is 0.242. The van der Waals surface area contributed by atoms with E-state index in [1.807, 2.05) is 50.2 Å². The van der Waals surface area contributed by atoms with Crippen molar-refractivity contribution in [1.29, 1.82) is 0 Å². The lowest BCUT2D eigenvalue weighted by atomic mass is 10.2. The van der Waals surface area contributed by atoms with Gasteiger partial charge < -0.3 is 10.1 Å². The normalized spacial score (nSPS) is 10.8. The van der Waals surface area contributed by atoms with E-state index in [0.717, 1.165) is 21.5 Å². The van der Waals surface area contributed by atoms with Crippen LogP contribution in [0.1, 0.15) is 19.4 Å². The molecule has 0 saturated heterocycles. The molecule has 1 N–H and O–H groups in total. The zero-order valence-corrected chi connectivity index (χ0v) is 14.9. The molecule has 2 nitrogen and oxygen atoms in total. The Bertz CT molecular complexity index is 608. The molecule has 2 aromatic rings. The van der Waals surface area contributed by atoms with E-state index in [0.29, 0.717) is 16.6 Å². The minimum Gasteiger partial charge on any atom is -0.491 e. The second-order valence-electron chi connectivity index (χ2n) is 4.91. The van der Waals surface area contributed by atoms with E-state index in [4.69, 9.17) is 27.9 Å². The molecule has 0 heterocycles. The first kappa shape index (κ1) is 16.5. The molecule has 0 fully saturated rings. The van der Waals surface area contributed by atoms with Gasteiger partial charge in [-0.05, 0) is 43.7 Å². The molecule has 2 rings (SSSR count). The van der Waals surface area contributed by atoms with Crippen LogP contribution in [0, 0.1) is 0 Å². The van der Waals surface area contributed by atoms with Crippen LogP contribution in [0.25, 0.3) is 0 Å². The number of anilines is 1. The molecule has 0 atom stereocenters. The van der Waals surface area contributed by atoms with E-state index in [2.05, 4.69) is 21.2 Å². The van der Waals surface area contributed by atoms with Crippen molar-refractivity contribution in [2.45, 2.75) is 26.5 Å². The van der Waals surface area contributed by atoms with Gasteiger partial charge in [-0.25, -0.2) is 0 Å². The van der Waals surface area contributed by atoms with Gasteiger partial charge in [0.1, 0.15) is 5.75 Å². The summed E-state index contributed by atoms with van der Waals surface area (Å²) >= 11 is 15.8. The lowest BCUT2D eigenvalue weighted by Gasteiger charge is -2.13. The number of halogens is 3. The van der Waals surface area contributed by atoms with Crippen LogP contribution in [0.15, 0.2) is 40.9 Å². The first-order chi connectivity index (χ1) is 9.95. The lowest BCUT2D eigenvalue weighted by Crippen LogP contribution is -2.06. The standard InChI is InChI=1S/C16H16BrCl2NO/c1-10(2)21-13-5-3-4-11(6-13)9-20-16-14(18)7-12(17)8-15(16)19/h3-8,10,20H,9H2,1-2H3. The Balaban J connectivity index is 2.10. The maximum atomic E-state index is 6.20. The zero-order valence-electron chi connectivity index (χ0n) is 11.8. The molecule has 21 heavy (non-hydrogen) atoms. The minimum atomic E-state index is 0.156. The monoisotopic (exact) mass is 387 g/mol. The van der Waals surface area contributed by atoms with Gasteiger partial charge in [-0.3, -0.25) is 0 Å². The molecule has 0 bridgehead atoms. The number of rotatable bonds is 5. The Labute approximate surface area is 143 Å². The summed E-state index contributed by atoms with van der Waals surface area (Å²) in [5, 5.41) is 4.44. The molecule has 2 aromatic carbocycles. The van der Waals surface area contributed by atoms with Gasteiger partial charge in [-0.15, -0.1) is 0 Å². The summed E-state index contributed by atoms with van der Waals surface area (Å²) in [6.07, 6.45) is 0.156. The van der Waals surface area contributed by atoms with Gasteiger partial charge in [0, 0.05) is 11.0 Å². The van der Waals surface area contributed by atoms with Crippen molar-refractivity contribution in [1.82, 2.24) is 0 Å². The Morgan fingerprint density at radius 2 is 1.81 bits per heavy atom. The van der Waals surface area contributed by atoms with E-state index in [1.165, 1.54) is 0 Å². The van der Waals surface area contributed by atoms with Crippen molar-refractivity contribution in [3.63, 3.8) is 0 Å². The third-order valence-corrected chi connectivity index (χ3v) is 3.80. The summed E-state index contributed by atoms with van der Waals surface area (Å²) in [5.41, 5.74) is 1.83. The predicted octanol–water partition coefficient (Wildman–Crippen LogP) is 6.16. The summed E-state index contributed by atoms with van der Waals surface area (Å²) < 4.78 is 6.54. The maximum Gasteiger partial charge on any atom is 0.120 e. The summed E-state index contributed by atoms with van der Waals surface area (Å²) in [7, 11) is 0. The van der Waals surface area contributed by atoms with Crippen LogP contribution in [-0.2, 0) is 6.54 Å². The Hall–Kier alpha value is -0.900. The molecule has 0 aliphatic heterocycles. The smallest absolute Gasteiger partial charge is 0.120 e. The molecule has 5 heteroatoms. The molecule has 0 radical (unpaired) electrons. The number of nitrogens with one attached hydrogen (secondary N) is 1. The average Bonchev–Trinajstić information content (AvgIpc) is 2.37.